The topological polar surface area (TPSA) is 30.5 Å². The van der Waals surface area contributed by atoms with Crippen molar-refractivity contribution in [3.63, 3.8) is 0 Å². The van der Waals surface area contributed by atoms with Gasteiger partial charge in [0.15, 0.2) is 0 Å². The fraction of sp³-hybridized carbons (Fsp3) is 0.500. The molecule has 0 saturated carbocycles. The molecule has 0 fully saturated rings. The Morgan fingerprint density at radius 2 is 2.17 bits per heavy atom. The van der Waals surface area contributed by atoms with Crippen molar-refractivity contribution in [2.75, 3.05) is 34.0 Å². The highest BCUT2D eigenvalue weighted by atomic mass is 79.9. The quantitative estimate of drug-likeness (QED) is 0.611. The van der Waals surface area contributed by atoms with Crippen LogP contribution in [0.4, 0.5) is 4.39 Å². The molecule has 1 aromatic carbocycles. The van der Waals surface area contributed by atoms with E-state index in [9.17, 15) is 4.39 Å². The second kappa shape index (κ2) is 8.07. The van der Waals surface area contributed by atoms with Crippen LogP contribution in [0.25, 0.3) is 0 Å². The number of hydrogen-bond donors (Lipinski definition) is 1. The number of ether oxygens (including phenoxy) is 2. The summed E-state index contributed by atoms with van der Waals surface area (Å²) in [6, 6.07) is 3.17. The minimum absolute atomic E-state index is 0.0876. The van der Waals surface area contributed by atoms with E-state index < -0.39 is 5.82 Å². The van der Waals surface area contributed by atoms with E-state index in [0.29, 0.717) is 29.9 Å². The zero-order chi connectivity index (χ0) is 13.5. The van der Waals surface area contributed by atoms with Crippen molar-refractivity contribution in [1.82, 2.24) is 5.32 Å². The third kappa shape index (κ3) is 4.17. The van der Waals surface area contributed by atoms with Gasteiger partial charge in [0, 0.05) is 17.1 Å². The SMILES string of the molecule is CNC(COCCOC)c1ccc(Br)c(Cl)c1F. The van der Waals surface area contributed by atoms with Gasteiger partial charge in [-0.3, -0.25) is 0 Å². The summed E-state index contributed by atoms with van der Waals surface area (Å²) in [6.45, 7) is 1.34. The Labute approximate surface area is 120 Å². The molecule has 0 saturated heterocycles. The van der Waals surface area contributed by atoms with Crippen LogP contribution in [0.3, 0.4) is 0 Å². The fourth-order valence-electron chi connectivity index (χ4n) is 1.48. The Hall–Kier alpha value is -0.200. The minimum Gasteiger partial charge on any atom is -0.382 e. The molecular weight excluding hydrogens is 324 g/mol. The second-order valence-corrected chi connectivity index (χ2v) is 4.91. The molecular formula is C12H16BrClFNO2. The summed E-state index contributed by atoms with van der Waals surface area (Å²) in [6.07, 6.45) is 0. The first-order valence-electron chi connectivity index (χ1n) is 5.49. The van der Waals surface area contributed by atoms with E-state index in [2.05, 4.69) is 21.2 Å². The molecule has 1 rings (SSSR count). The third-order valence-corrected chi connectivity index (χ3v) is 3.76. The van der Waals surface area contributed by atoms with Gasteiger partial charge in [-0.05, 0) is 29.0 Å². The summed E-state index contributed by atoms with van der Waals surface area (Å²) < 4.78 is 24.8. The number of methoxy groups -OCH3 is 1. The first-order chi connectivity index (χ1) is 8.61. The average molecular weight is 341 g/mol. The molecule has 1 N–H and O–H groups in total. The van der Waals surface area contributed by atoms with E-state index in [4.69, 9.17) is 21.1 Å². The van der Waals surface area contributed by atoms with E-state index >= 15 is 0 Å². The normalized spacial score (nSPS) is 12.7. The number of likely N-dealkylation sites (N-methyl/N-ethyl adjacent to an activating group) is 1. The molecule has 0 aliphatic rings. The van der Waals surface area contributed by atoms with E-state index in [1.807, 2.05) is 0 Å². The molecule has 18 heavy (non-hydrogen) atoms. The second-order valence-electron chi connectivity index (χ2n) is 3.67. The van der Waals surface area contributed by atoms with Gasteiger partial charge < -0.3 is 14.8 Å². The van der Waals surface area contributed by atoms with Crippen LogP contribution in [-0.2, 0) is 9.47 Å². The standard InChI is InChI=1S/C12H16BrClFNO2/c1-16-10(7-18-6-5-17-2)8-3-4-9(13)11(14)12(8)15/h3-4,10,16H,5-7H2,1-2H3. The summed E-state index contributed by atoms with van der Waals surface area (Å²) in [5.74, 6) is -0.430. The zero-order valence-electron chi connectivity index (χ0n) is 10.3. The van der Waals surface area contributed by atoms with Crippen LogP contribution < -0.4 is 5.32 Å². The van der Waals surface area contributed by atoms with Crippen molar-refractivity contribution < 1.29 is 13.9 Å². The summed E-state index contributed by atoms with van der Waals surface area (Å²) in [7, 11) is 3.35. The lowest BCUT2D eigenvalue weighted by Gasteiger charge is -2.18. The Morgan fingerprint density at radius 1 is 1.44 bits per heavy atom. The van der Waals surface area contributed by atoms with Crippen LogP contribution in [0.5, 0.6) is 0 Å². The average Bonchev–Trinajstić information content (AvgIpc) is 2.38. The molecule has 3 nitrogen and oxygen atoms in total. The predicted octanol–water partition coefficient (Wildman–Crippen LogP) is 3.17. The van der Waals surface area contributed by atoms with Gasteiger partial charge in [0.2, 0.25) is 0 Å². The Balaban J connectivity index is 2.73. The molecule has 6 heteroatoms. The lowest BCUT2D eigenvalue weighted by molar-refractivity contribution is 0.0591. The molecule has 1 atom stereocenters. The summed E-state index contributed by atoms with van der Waals surface area (Å²) in [5, 5.41) is 3.09. The van der Waals surface area contributed by atoms with E-state index in [1.54, 1.807) is 26.3 Å². The van der Waals surface area contributed by atoms with Gasteiger partial charge in [-0.1, -0.05) is 17.7 Å². The fourth-order valence-corrected chi connectivity index (χ4v) is 1.96. The summed E-state index contributed by atoms with van der Waals surface area (Å²) in [5.41, 5.74) is 0.489. The lowest BCUT2D eigenvalue weighted by atomic mass is 10.1. The number of halogens is 3. The van der Waals surface area contributed by atoms with Crippen molar-refractivity contribution >= 4 is 27.5 Å². The highest BCUT2D eigenvalue weighted by molar-refractivity contribution is 9.10. The maximum atomic E-state index is 14.0. The molecule has 0 bridgehead atoms. The van der Waals surface area contributed by atoms with Crippen LogP contribution in [0.2, 0.25) is 5.02 Å². The van der Waals surface area contributed by atoms with Crippen LogP contribution in [0.15, 0.2) is 16.6 Å². The van der Waals surface area contributed by atoms with Gasteiger partial charge in [-0.15, -0.1) is 0 Å². The molecule has 1 unspecified atom stereocenters. The Kier molecular flexibility index (Phi) is 7.11. The molecule has 1 aromatic rings. The molecule has 0 aliphatic carbocycles. The van der Waals surface area contributed by atoms with Gasteiger partial charge in [-0.25, -0.2) is 4.39 Å². The van der Waals surface area contributed by atoms with Gasteiger partial charge in [0.1, 0.15) is 5.82 Å². The molecule has 0 spiro atoms. The Morgan fingerprint density at radius 3 is 2.78 bits per heavy atom. The molecule has 0 amide bonds. The summed E-state index contributed by atoms with van der Waals surface area (Å²) >= 11 is 9.04. The van der Waals surface area contributed by atoms with Crippen molar-refractivity contribution in [2.24, 2.45) is 0 Å². The third-order valence-electron chi connectivity index (χ3n) is 2.51. The number of benzene rings is 1. The van der Waals surface area contributed by atoms with E-state index in [-0.39, 0.29) is 11.1 Å². The van der Waals surface area contributed by atoms with Gasteiger partial charge in [0.25, 0.3) is 0 Å². The maximum Gasteiger partial charge on any atom is 0.147 e. The first kappa shape index (κ1) is 15.9. The first-order valence-corrected chi connectivity index (χ1v) is 6.66. The van der Waals surface area contributed by atoms with Crippen molar-refractivity contribution in [3.05, 3.63) is 33.0 Å². The van der Waals surface area contributed by atoms with Crippen molar-refractivity contribution in [3.8, 4) is 0 Å². The highest BCUT2D eigenvalue weighted by Crippen LogP contribution is 2.30. The summed E-state index contributed by atoms with van der Waals surface area (Å²) in [4.78, 5) is 0. The zero-order valence-corrected chi connectivity index (χ0v) is 12.6. The molecule has 0 aromatic heterocycles. The van der Waals surface area contributed by atoms with Gasteiger partial charge in [-0.2, -0.15) is 0 Å². The van der Waals surface area contributed by atoms with Crippen LogP contribution >= 0.6 is 27.5 Å². The van der Waals surface area contributed by atoms with Gasteiger partial charge >= 0.3 is 0 Å². The van der Waals surface area contributed by atoms with Crippen LogP contribution in [-0.4, -0.2) is 34.0 Å². The van der Waals surface area contributed by atoms with Gasteiger partial charge in [0.05, 0.1) is 30.9 Å². The molecule has 0 radical (unpaired) electrons. The monoisotopic (exact) mass is 339 g/mol. The van der Waals surface area contributed by atoms with Crippen molar-refractivity contribution in [1.29, 1.82) is 0 Å². The maximum absolute atomic E-state index is 14.0. The predicted molar refractivity (Wildman–Crippen MR) is 73.6 cm³/mol. The minimum atomic E-state index is -0.430. The molecule has 102 valence electrons. The highest BCUT2D eigenvalue weighted by Gasteiger charge is 2.17. The number of rotatable bonds is 7. The van der Waals surface area contributed by atoms with E-state index in [0.717, 1.165) is 0 Å². The van der Waals surface area contributed by atoms with Crippen LogP contribution in [0.1, 0.15) is 11.6 Å². The lowest BCUT2D eigenvalue weighted by Crippen LogP contribution is -2.23. The molecule has 0 aliphatic heterocycles. The van der Waals surface area contributed by atoms with E-state index in [1.165, 1.54) is 0 Å². The van der Waals surface area contributed by atoms with Crippen molar-refractivity contribution in [2.45, 2.75) is 6.04 Å². The smallest absolute Gasteiger partial charge is 0.147 e. The largest absolute Gasteiger partial charge is 0.382 e. The number of nitrogens with one attached hydrogen (secondary N) is 1. The van der Waals surface area contributed by atoms with Crippen LogP contribution in [0, 0.1) is 5.82 Å². The Bertz CT molecular complexity index is 393. The number of hydrogen-bond acceptors (Lipinski definition) is 3. The molecule has 0 heterocycles.